The predicted octanol–water partition coefficient (Wildman–Crippen LogP) is 4.76. The lowest BCUT2D eigenvalue weighted by Gasteiger charge is -2.05. The number of anilines is 1. The molecule has 7 heteroatoms. The van der Waals surface area contributed by atoms with Crippen molar-refractivity contribution in [3.05, 3.63) is 63.8 Å². The fourth-order valence-corrected chi connectivity index (χ4v) is 2.93. The molecule has 0 aliphatic heterocycles. The molecule has 2 aromatic heterocycles. The molecular weight excluding hydrogens is 341 g/mol. The van der Waals surface area contributed by atoms with Crippen molar-refractivity contribution in [3.8, 4) is 10.6 Å². The molecule has 4 nitrogen and oxygen atoms in total. The molecule has 0 aliphatic carbocycles. The molecule has 1 N–H and O–H groups in total. The summed E-state index contributed by atoms with van der Waals surface area (Å²) in [4.78, 5) is 20.5. The van der Waals surface area contributed by atoms with Gasteiger partial charge in [0.1, 0.15) is 10.7 Å². The van der Waals surface area contributed by atoms with Gasteiger partial charge < -0.3 is 5.32 Å². The molecule has 3 aromatic rings. The predicted molar refractivity (Wildman–Crippen MR) is 89.8 cm³/mol. The number of aromatic nitrogens is 2. The van der Waals surface area contributed by atoms with Crippen molar-refractivity contribution in [1.29, 1.82) is 0 Å². The first-order valence-electron chi connectivity index (χ1n) is 6.26. The van der Waals surface area contributed by atoms with Crippen molar-refractivity contribution in [1.82, 2.24) is 9.97 Å². The number of nitrogens with one attached hydrogen (secondary N) is 1. The summed E-state index contributed by atoms with van der Waals surface area (Å²) in [5, 5.41) is 6.08. The van der Waals surface area contributed by atoms with E-state index in [1.54, 1.807) is 36.0 Å². The van der Waals surface area contributed by atoms with Crippen LogP contribution in [-0.4, -0.2) is 15.9 Å². The maximum atomic E-state index is 12.2. The average molecular weight is 350 g/mol. The molecule has 0 spiro atoms. The van der Waals surface area contributed by atoms with E-state index in [9.17, 15) is 4.79 Å². The van der Waals surface area contributed by atoms with Crippen LogP contribution in [0, 0.1) is 0 Å². The molecule has 0 atom stereocenters. The zero-order valence-electron chi connectivity index (χ0n) is 11.1. The first kappa shape index (κ1) is 15.0. The van der Waals surface area contributed by atoms with E-state index in [1.165, 1.54) is 11.3 Å². The highest BCUT2D eigenvalue weighted by Gasteiger charge is 2.13. The number of pyridine rings is 1. The molecule has 1 aromatic carbocycles. The molecule has 110 valence electrons. The lowest BCUT2D eigenvalue weighted by atomic mass is 10.3. The number of rotatable bonds is 3. The highest BCUT2D eigenvalue weighted by Crippen LogP contribution is 2.27. The Labute approximate surface area is 140 Å². The van der Waals surface area contributed by atoms with Gasteiger partial charge in [-0.3, -0.25) is 9.78 Å². The minimum atomic E-state index is -0.333. The summed E-state index contributed by atoms with van der Waals surface area (Å²) < 4.78 is 0. The summed E-state index contributed by atoms with van der Waals surface area (Å²) in [7, 11) is 0. The van der Waals surface area contributed by atoms with Crippen molar-refractivity contribution in [2.24, 2.45) is 0 Å². The van der Waals surface area contributed by atoms with Gasteiger partial charge in [0.05, 0.1) is 10.7 Å². The Morgan fingerprint density at radius 1 is 1.14 bits per heavy atom. The monoisotopic (exact) mass is 349 g/mol. The number of nitrogens with zero attached hydrogens (tertiary/aromatic N) is 2. The second-order valence-corrected chi connectivity index (χ2v) is 6.05. The number of thiazole rings is 1. The Bertz CT molecular complexity index is 821. The number of benzene rings is 1. The first-order chi connectivity index (χ1) is 10.6. The van der Waals surface area contributed by atoms with Crippen molar-refractivity contribution in [3.63, 3.8) is 0 Å². The summed E-state index contributed by atoms with van der Waals surface area (Å²) in [6.45, 7) is 0. The Kier molecular flexibility index (Phi) is 4.38. The van der Waals surface area contributed by atoms with Crippen LogP contribution in [0.25, 0.3) is 10.6 Å². The second kappa shape index (κ2) is 6.44. The number of amides is 1. The van der Waals surface area contributed by atoms with Crippen LogP contribution in [0.4, 0.5) is 5.69 Å². The Hall–Kier alpha value is -1.95. The number of hydrogen-bond donors (Lipinski definition) is 1. The smallest absolute Gasteiger partial charge is 0.275 e. The maximum absolute atomic E-state index is 12.2. The van der Waals surface area contributed by atoms with Gasteiger partial charge in [0.25, 0.3) is 5.91 Å². The van der Waals surface area contributed by atoms with E-state index in [1.807, 2.05) is 12.1 Å². The third kappa shape index (κ3) is 3.27. The van der Waals surface area contributed by atoms with Crippen LogP contribution in [0.5, 0.6) is 0 Å². The fraction of sp³-hybridized carbons (Fsp3) is 0. The van der Waals surface area contributed by atoms with Crippen molar-refractivity contribution >= 4 is 46.1 Å². The van der Waals surface area contributed by atoms with E-state index < -0.39 is 0 Å². The SMILES string of the molecule is O=C(Nc1cc(Cl)ccc1Cl)c1csc(-c2ccncc2)n1. The summed E-state index contributed by atoms with van der Waals surface area (Å²) in [5.41, 5.74) is 1.70. The first-order valence-corrected chi connectivity index (χ1v) is 7.89. The molecule has 0 bridgehead atoms. The number of halogens is 2. The average Bonchev–Trinajstić information content (AvgIpc) is 3.02. The molecule has 2 heterocycles. The summed E-state index contributed by atoms with van der Waals surface area (Å²) >= 11 is 13.3. The third-order valence-corrected chi connectivity index (χ3v) is 4.30. The number of hydrogen-bond acceptors (Lipinski definition) is 4. The largest absolute Gasteiger partial charge is 0.319 e. The highest BCUT2D eigenvalue weighted by molar-refractivity contribution is 7.13. The number of carbonyl (C=O) groups excluding carboxylic acids is 1. The van der Waals surface area contributed by atoms with E-state index in [0.717, 1.165) is 10.6 Å². The van der Waals surface area contributed by atoms with Crippen LogP contribution in [-0.2, 0) is 0 Å². The van der Waals surface area contributed by atoms with Crippen LogP contribution in [0.3, 0.4) is 0 Å². The molecule has 0 fully saturated rings. The Balaban J connectivity index is 1.81. The topological polar surface area (TPSA) is 54.9 Å². The second-order valence-electron chi connectivity index (χ2n) is 4.35. The zero-order chi connectivity index (χ0) is 15.5. The molecule has 22 heavy (non-hydrogen) atoms. The third-order valence-electron chi connectivity index (χ3n) is 2.84. The van der Waals surface area contributed by atoms with Crippen molar-refractivity contribution in [2.45, 2.75) is 0 Å². The fourth-order valence-electron chi connectivity index (χ4n) is 1.78. The molecule has 3 rings (SSSR count). The Morgan fingerprint density at radius 2 is 1.91 bits per heavy atom. The highest BCUT2D eigenvalue weighted by atomic mass is 35.5. The summed E-state index contributed by atoms with van der Waals surface area (Å²) in [5.74, 6) is -0.333. The van der Waals surface area contributed by atoms with Gasteiger partial charge >= 0.3 is 0 Å². The van der Waals surface area contributed by atoms with Crippen molar-refractivity contribution in [2.75, 3.05) is 5.32 Å². The summed E-state index contributed by atoms with van der Waals surface area (Å²) in [6.07, 6.45) is 3.37. The molecule has 0 unspecified atom stereocenters. The van der Waals surface area contributed by atoms with Gasteiger partial charge in [-0.05, 0) is 30.3 Å². The minimum absolute atomic E-state index is 0.327. The van der Waals surface area contributed by atoms with Crippen LogP contribution in [0.2, 0.25) is 10.0 Å². The van der Waals surface area contributed by atoms with Gasteiger partial charge in [-0.25, -0.2) is 4.98 Å². The molecule has 1 amide bonds. The normalized spacial score (nSPS) is 10.5. The lowest BCUT2D eigenvalue weighted by molar-refractivity contribution is 0.102. The van der Waals surface area contributed by atoms with Crippen LogP contribution in [0.15, 0.2) is 48.1 Å². The molecule has 0 radical (unpaired) electrons. The van der Waals surface area contributed by atoms with Gasteiger partial charge in [0.15, 0.2) is 0 Å². The zero-order valence-corrected chi connectivity index (χ0v) is 13.4. The lowest BCUT2D eigenvalue weighted by Crippen LogP contribution is -2.12. The molecule has 0 aliphatic rings. The maximum Gasteiger partial charge on any atom is 0.275 e. The van der Waals surface area contributed by atoms with Gasteiger partial charge in [-0.1, -0.05) is 23.2 Å². The van der Waals surface area contributed by atoms with E-state index in [4.69, 9.17) is 23.2 Å². The van der Waals surface area contributed by atoms with E-state index in [0.29, 0.717) is 21.4 Å². The Morgan fingerprint density at radius 3 is 2.68 bits per heavy atom. The standard InChI is InChI=1S/C15H9Cl2N3OS/c16-10-1-2-11(17)12(7-10)19-14(21)13-8-22-15(20-13)9-3-5-18-6-4-9/h1-8H,(H,19,21). The number of carbonyl (C=O) groups is 1. The van der Waals surface area contributed by atoms with Crippen molar-refractivity contribution < 1.29 is 4.79 Å². The van der Waals surface area contributed by atoms with E-state index >= 15 is 0 Å². The van der Waals surface area contributed by atoms with E-state index in [-0.39, 0.29) is 5.91 Å². The van der Waals surface area contributed by atoms with Gasteiger partial charge in [0.2, 0.25) is 0 Å². The molecule has 0 saturated heterocycles. The summed E-state index contributed by atoms with van der Waals surface area (Å²) in [6, 6.07) is 8.56. The molecular formula is C15H9Cl2N3OS. The van der Waals surface area contributed by atoms with Crippen LogP contribution in [0.1, 0.15) is 10.5 Å². The minimum Gasteiger partial charge on any atom is -0.319 e. The van der Waals surface area contributed by atoms with Gasteiger partial charge in [-0.15, -0.1) is 11.3 Å². The molecule has 0 saturated carbocycles. The quantitative estimate of drug-likeness (QED) is 0.741. The van der Waals surface area contributed by atoms with Crippen LogP contribution < -0.4 is 5.32 Å². The van der Waals surface area contributed by atoms with Crippen LogP contribution >= 0.6 is 34.5 Å². The van der Waals surface area contributed by atoms with E-state index in [2.05, 4.69) is 15.3 Å². The van der Waals surface area contributed by atoms with Gasteiger partial charge in [-0.2, -0.15) is 0 Å². The van der Waals surface area contributed by atoms with Gasteiger partial charge in [0, 0.05) is 28.4 Å².